The second-order valence-corrected chi connectivity index (χ2v) is 4.76. The molecule has 0 fully saturated rings. The predicted molar refractivity (Wildman–Crippen MR) is 68.8 cm³/mol. The summed E-state index contributed by atoms with van der Waals surface area (Å²) in [5, 5.41) is 18.4. The van der Waals surface area contributed by atoms with Crippen LogP contribution in [0.3, 0.4) is 0 Å². The Labute approximate surface area is 104 Å². The Bertz CT molecular complexity index is 318. The van der Waals surface area contributed by atoms with E-state index in [1.165, 1.54) is 0 Å². The maximum absolute atomic E-state index is 10.2. The van der Waals surface area contributed by atoms with Gasteiger partial charge in [0.15, 0.2) is 0 Å². The number of aromatic nitrogens is 3. The van der Waals surface area contributed by atoms with Gasteiger partial charge in [0.1, 0.15) is 0 Å². The van der Waals surface area contributed by atoms with Crippen molar-refractivity contribution in [3.8, 4) is 0 Å². The quantitative estimate of drug-likeness (QED) is 0.758. The largest absolute Gasteiger partial charge is 0.390 e. The van der Waals surface area contributed by atoms with E-state index in [1.807, 2.05) is 24.7 Å². The van der Waals surface area contributed by atoms with E-state index in [0.717, 1.165) is 50.8 Å². The number of aryl methyl sites for hydroxylation is 2. The summed E-state index contributed by atoms with van der Waals surface area (Å²) in [6.45, 7) is 7.15. The van der Waals surface area contributed by atoms with Crippen molar-refractivity contribution in [2.45, 2.75) is 71.4 Å². The van der Waals surface area contributed by atoms with Gasteiger partial charge in [-0.2, -0.15) is 0 Å². The van der Waals surface area contributed by atoms with Gasteiger partial charge in [-0.15, -0.1) is 5.10 Å². The number of rotatable bonds is 8. The molecule has 17 heavy (non-hydrogen) atoms. The Morgan fingerprint density at radius 2 is 2.00 bits per heavy atom. The van der Waals surface area contributed by atoms with E-state index in [1.54, 1.807) is 0 Å². The van der Waals surface area contributed by atoms with Crippen LogP contribution in [0, 0.1) is 0 Å². The highest BCUT2D eigenvalue weighted by Gasteiger charge is 2.21. The fourth-order valence-corrected chi connectivity index (χ4v) is 1.99. The van der Waals surface area contributed by atoms with Crippen molar-refractivity contribution in [3.63, 3.8) is 0 Å². The van der Waals surface area contributed by atoms with Gasteiger partial charge < -0.3 is 5.11 Å². The number of nitrogens with zero attached hydrogens (tertiary/aromatic N) is 3. The summed E-state index contributed by atoms with van der Waals surface area (Å²) in [7, 11) is 0. The van der Waals surface area contributed by atoms with Crippen LogP contribution in [0.4, 0.5) is 0 Å². The van der Waals surface area contributed by atoms with Gasteiger partial charge >= 0.3 is 0 Å². The van der Waals surface area contributed by atoms with Crippen LogP contribution in [0.1, 0.15) is 58.6 Å². The first kappa shape index (κ1) is 14.2. The standard InChI is InChI=1S/C13H25N3O/c1-4-10-16-11-12(14-15-16)8-7-9-13(17,5-2)6-3/h11,17H,4-10H2,1-3H3. The van der Waals surface area contributed by atoms with Gasteiger partial charge in [-0.25, -0.2) is 0 Å². The highest BCUT2D eigenvalue weighted by molar-refractivity contribution is 4.93. The Morgan fingerprint density at radius 3 is 2.59 bits per heavy atom. The monoisotopic (exact) mass is 239 g/mol. The molecule has 4 heteroatoms. The van der Waals surface area contributed by atoms with Crippen LogP contribution >= 0.6 is 0 Å². The zero-order valence-electron chi connectivity index (χ0n) is 11.3. The first-order chi connectivity index (χ1) is 8.13. The third kappa shape index (κ3) is 4.46. The van der Waals surface area contributed by atoms with Gasteiger partial charge in [-0.05, 0) is 38.5 Å². The lowest BCUT2D eigenvalue weighted by Crippen LogP contribution is -2.26. The van der Waals surface area contributed by atoms with Crippen LogP contribution in [0.25, 0.3) is 0 Å². The maximum atomic E-state index is 10.2. The van der Waals surface area contributed by atoms with Gasteiger partial charge in [-0.3, -0.25) is 4.68 Å². The van der Waals surface area contributed by atoms with E-state index in [-0.39, 0.29) is 0 Å². The fraction of sp³-hybridized carbons (Fsp3) is 0.846. The molecule has 1 aromatic heterocycles. The molecule has 0 unspecified atom stereocenters. The molecule has 0 aliphatic rings. The Hall–Kier alpha value is -0.900. The molecule has 0 radical (unpaired) electrons. The molecule has 0 amide bonds. The van der Waals surface area contributed by atoms with Crippen LogP contribution in [0.5, 0.6) is 0 Å². The molecule has 0 bridgehead atoms. The molecule has 0 saturated heterocycles. The molecule has 4 nitrogen and oxygen atoms in total. The number of hydrogen-bond acceptors (Lipinski definition) is 3. The molecule has 0 spiro atoms. The van der Waals surface area contributed by atoms with Gasteiger partial charge in [0.05, 0.1) is 11.3 Å². The van der Waals surface area contributed by atoms with E-state index in [0.29, 0.717) is 0 Å². The van der Waals surface area contributed by atoms with Crippen LogP contribution < -0.4 is 0 Å². The van der Waals surface area contributed by atoms with Crippen molar-refractivity contribution in [1.29, 1.82) is 0 Å². The predicted octanol–water partition coefficient (Wildman–Crippen LogP) is 2.56. The molecule has 1 N–H and O–H groups in total. The van der Waals surface area contributed by atoms with E-state index in [9.17, 15) is 5.11 Å². The van der Waals surface area contributed by atoms with Crippen molar-refractivity contribution in [1.82, 2.24) is 15.0 Å². The van der Waals surface area contributed by atoms with Crippen LogP contribution in [-0.4, -0.2) is 25.7 Å². The Morgan fingerprint density at radius 1 is 1.29 bits per heavy atom. The van der Waals surface area contributed by atoms with Gasteiger partial charge in [0, 0.05) is 12.7 Å². The first-order valence-electron chi connectivity index (χ1n) is 6.75. The zero-order chi connectivity index (χ0) is 12.7. The van der Waals surface area contributed by atoms with E-state index < -0.39 is 5.60 Å². The molecule has 1 heterocycles. The van der Waals surface area contributed by atoms with Crippen molar-refractivity contribution >= 4 is 0 Å². The topological polar surface area (TPSA) is 50.9 Å². The smallest absolute Gasteiger partial charge is 0.0827 e. The first-order valence-corrected chi connectivity index (χ1v) is 6.75. The summed E-state index contributed by atoms with van der Waals surface area (Å²) in [4.78, 5) is 0. The van der Waals surface area contributed by atoms with Gasteiger partial charge in [0.2, 0.25) is 0 Å². The molecular weight excluding hydrogens is 214 g/mol. The van der Waals surface area contributed by atoms with Crippen molar-refractivity contribution < 1.29 is 5.11 Å². The lowest BCUT2D eigenvalue weighted by Gasteiger charge is -2.24. The molecule has 0 aliphatic carbocycles. The summed E-state index contributed by atoms with van der Waals surface area (Å²) >= 11 is 0. The molecule has 1 rings (SSSR count). The minimum Gasteiger partial charge on any atom is -0.390 e. The fourth-order valence-electron chi connectivity index (χ4n) is 1.99. The molecule has 98 valence electrons. The minimum absolute atomic E-state index is 0.487. The summed E-state index contributed by atoms with van der Waals surface area (Å²) in [5.41, 5.74) is 0.548. The van der Waals surface area contributed by atoms with E-state index in [2.05, 4.69) is 17.2 Å². The van der Waals surface area contributed by atoms with Crippen LogP contribution in [0.2, 0.25) is 0 Å². The zero-order valence-corrected chi connectivity index (χ0v) is 11.3. The summed E-state index contributed by atoms with van der Waals surface area (Å²) in [5.74, 6) is 0. The minimum atomic E-state index is -0.487. The molecule has 0 saturated carbocycles. The van der Waals surface area contributed by atoms with E-state index >= 15 is 0 Å². The summed E-state index contributed by atoms with van der Waals surface area (Å²) in [6, 6.07) is 0. The lowest BCUT2D eigenvalue weighted by molar-refractivity contribution is 0.0218. The van der Waals surface area contributed by atoms with Crippen molar-refractivity contribution in [2.75, 3.05) is 0 Å². The van der Waals surface area contributed by atoms with E-state index in [4.69, 9.17) is 0 Å². The summed E-state index contributed by atoms with van der Waals surface area (Å²) in [6.07, 6.45) is 7.47. The van der Waals surface area contributed by atoms with Crippen LogP contribution in [-0.2, 0) is 13.0 Å². The SMILES string of the molecule is CCCn1cc(CCCC(O)(CC)CC)nn1. The highest BCUT2D eigenvalue weighted by Crippen LogP contribution is 2.21. The Kier molecular flexibility index (Phi) is 5.62. The molecular formula is C13H25N3O. The second-order valence-electron chi connectivity index (χ2n) is 4.76. The van der Waals surface area contributed by atoms with Crippen LogP contribution in [0.15, 0.2) is 6.20 Å². The van der Waals surface area contributed by atoms with Crippen molar-refractivity contribution in [3.05, 3.63) is 11.9 Å². The molecule has 0 aromatic carbocycles. The molecule has 0 aliphatic heterocycles. The second kappa shape index (κ2) is 6.74. The maximum Gasteiger partial charge on any atom is 0.0827 e. The van der Waals surface area contributed by atoms with Gasteiger partial charge in [-0.1, -0.05) is 26.0 Å². The average Bonchev–Trinajstić information content (AvgIpc) is 2.77. The normalized spacial score (nSPS) is 12.0. The lowest BCUT2D eigenvalue weighted by atomic mass is 9.91. The third-order valence-corrected chi connectivity index (χ3v) is 3.43. The number of aliphatic hydroxyl groups is 1. The highest BCUT2D eigenvalue weighted by atomic mass is 16.3. The number of hydrogen-bond donors (Lipinski definition) is 1. The summed E-state index contributed by atoms with van der Waals surface area (Å²) < 4.78 is 1.89. The van der Waals surface area contributed by atoms with Gasteiger partial charge in [0.25, 0.3) is 0 Å². The molecule has 0 atom stereocenters. The third-order valence-electron chi connectivity index (χ3n) is 3.43. The average molecular weight is 239 g/mol. The Balaban J connectivity index is 2.34. The molecule has 1 aromatic rings. The van der Waals surface area contributed by atoms with Crippen molar-refractivity contribution in [2.24, 2.45) is 0 Å².